The average molecular weight is 384 g/mol. The molecule has 0 radical (unpaired) electrons. The number of amides is 1. The number of carbonyl (C=O) groups is 2. The first-order chi connectivity index (χ1) is 6.99. The molecule has 0 saturated heterocycles. The molecular formula is C9H7BrINO3. The van der Waals surface area contributed by atoms with E-state index in [4.69, 9.17) is 5.11 Å². The molecule has 1 rings (SSSR count). The maximum absolute atomic E-state index is 11.1. The molecule has 0 bridgehead atoms. The Bertz CT molecular complexity index is 408. The Hall–Kier alpha value is -0.630. The van der Waals surface area contributed by atoms with Crippen molar-refractivity contribution < 1.29 is 14.7 Å². The first-order valence-electron chi connectivity index (χ1n) is 3.95. The summed E-state index contributed by atoms with van der Waals surface area (Å²) in [4.78, 5) is 21.4. The van der Waals surface area contributed by atoms with Crippen molar-refractivity contribution in [3.05, 3.63) is 26.2 Å². The van der Waals surface area contributed by atoms with Gasteiger partial charge in [0.1, 0.15) is 6.42 Å². The molecule has 80 valence electrons. The quantitative estimate of drug-likeness (QED) is 0.622. The lowest BCUT2D eigenvalue weighted by molar-refractivity contribution is -0.139. The van der Waals surface area contributed by atoms with E-state index >= 15 is 0 Å². The second-order valence-corrected chi connectivity index (χ2v) is 4.76. The zero-order chi connectivity index (χ0) is 11.4. The van der Waals surface area contributed by atoms with Crippen LogP contribution >= 0.6 is 38.5 Å². The largest absolute Gasteiger partial charge is 0.481 e. The summed E-state index contributed by atoms with van der Waals surface area (Å²) in [5.41, 5.74) is 0.577. The number of carboxylic acid groups (broad SMARTS) is 1. The minimum Gasteiger partial charge on any atom is -0.481 e. The third-order valence-corrected chi connectivity index (χ3v) is 3.85. The highest BCUT2D eigenvalue weighted by Gasteiger charge is 2.08. The zero-order valence-corrected chi connectivity index (χ0v) is 11.2. The number of carbonyl (C=O) groups excluding carboxylic acids is 1. The molecule has 1 aromatic rings. The maximum Gasteiger partial charge on any atom is 0.312 e. The summed E-state index contributed by atoms with van der Waals surface area (Å²) in [5.74, 6) is -1.67. The third kappa shape index (κ3) is 4.17. The van der Waals surface area contributed by atoms with Gasteiger partial charge in [0.2, 0.25) is 5.91 Å². The standard InChI is InChI=1S/C9H7BrINO3/c10-6-3-5(1-2-7(6)11)12-8(13)4-9(14)15/h1-3H,4H2,(H,12,13)(H,14,15). The molecule has 2 N–H and O–H groups in total. The van der Waals surface area contributed by atoms with Crippen LogP contribution in [0.25, 0.3) is 0 Å². The summed E-state index contributed by atoms with van der Waals surface area (Å²) in [5, 5.41) is 10.9. The second kappa shape index (κ2) is 5.45. The van der Waals surface area contributed by atoms with E-state index in [2.05, 4.69) is 43.8 Å². The van der Waals surface area contributed by atoms with Gasteiger partial charge in [-0.15, -0.1) is 0 Å². The summed E-state index contributed by atoms with van der Waals surface area (Å²) in [7, 11) is 0. The summed E-state index contributed by atoms with van der Waals surface area (Å²) in [6.45, 7) is 0. The molecule has 1 amide bonds. The van der Waals surface area contributed by atoms with Crippen molar-refractivity contribution >= 4 is 56.1 Å². The lowest BCUT2D eigenvalue weighted by Gasteiger charge is -2.04. The molecule has 1 aromatic carbocycles. The van der Waals surface area contributed by atoms with Gasteiger partial charge in [-0.25, -0.2) is 0 Å². The van der Waals surface area contributed by atoms with Crippen LogP contribution in [0.3, 0.4) is 0 Å². The van der Waals surface area contributed by atoms with Crippen molar-refractivity contribution in [2.24, 2.45) is 0 Å². The zero-order valence-electron chi connectivity index (χ0n) is 7.46. The smallest absolute Gasteiger partial charge is 0.312 e. The third-order valence-electron chi connectivity index (χ3n) is 1.52. The highest BCUT2D eigenvalue weighted by atomic mass is 127. The number of aliphatic carboxylic acids is 1. The van der Waals surface area contributed by atoms with Crippen LogP contribution in [0, 0.1) is 3.57 Å². The van der Waals surface area contributed by atoms with Crippen molar-refractivity contribution in [3.63, 3.8) is 0 Å². The molecule has 0 saturated carbocycles. The summed E-state index contributed by atoms with van der Waals surface area (Å²) >= 11 is 5.45. The first kappa shape index (κ1) is 12.4. The SMILES string of the molecule is O=C(O)CC(=O)Nc1ccc(I)c(Br)c1. The number of benzene rings is 1. The van der Waals surface area contributed by atoms with Crippen molar-refractivity contribution in [1.29, 1.82) is 0 Å². The van der Waals surface area contributed by atoms with E-state index in [9.17, 15) is 9.59 Å². The van der Waals surface area contributed by atoms with Crippen LogP contribution in [0.1, 0.15) is 6.42 Å². The monoisotopic (exact) mass is 383 g/mol. The van der Waals surface area contributed by atoms with E-state index in [-0.39, 0.29) is 0 Å². The van der Waals surface area contributed by atoms with Crippen molar-refractivity contribution in [2.45, 2.75) is 6.42 Å². The number of anilines is 1. The molecule has 0 heterocycles. The molecule has 0 aliphatic carbocycles. The van der Waals surface area contributed by atoms with E-state index in [1.54, 1.807) is 12.1 Å². The number of carboxylic acids is 1. The van der Waals surface area contributed by atoms with Gasteiger partial charge in [-0.2, -0.15) is 0 Å². The van der Waals surface area contributed by atoms with E-state index in [0.717, 1.165) is 8.04 Å². The molecule has 6 heteroatoms. The number of nitrogens with one attached hydrogen (secondary N) is 1. The number of hydrogen-bond acceptors (Lipinski definition) is 2. The average Bonchev–Trinajstić information content (AvgIpc) is 2.10. The van der Waals surface area contributed by atoms with Gasteiger partial charge >= 0.3 is 5.97 Å². The molecule has 0 atom stereocenters. The van der Waals surface area contributed by atoms with Gasteiger partial charge in [0.15, 0.2) is 0 Å². The fourth-order valence-corrected chi connectivity index (χ4v) is 1.63. The first-order valence-corrected chi connectivity index (χ1v) is 5.83. The van der Waals surface area contributed by atoms with E-state index in [1.165, 1.54) is 0 Å². The van der Waals surface area contributed by atoms with Crippen molar-refractivity contribution in [1.82, 2.24) is 0 Å². The minimum atomic E-state index is -1.14. The van der Waals surface area contributed by atoms with Crippen LogP contribution in [-0.4, -0.2) is 17.0 Å². The lowest BCUT2D eigenvalue weighted by Crippen LogP contribution is -2.15. The number of hydrogen-bond donors (Lipinski definition) is 2. The molecule has 0 aliphatic heterocycles. The predicted molar refractivity (Wildman–Crippen MR) is 67.7 cm³/mol. The molecular weight excluding hydrogens is 377 g/mol. The Morgan fingerprint density at radius 2 is 2.13 bits per heavy atom. The molecule has 4 nitrogen and oxygen atoms in total. The number of halogens is 2. The van der Waals surface area contributed by atoms with E-state index in [1.807, 2.05) is 6.07 Å². The van der Waals surface area contributed by atoms with Gasteiger partial charge in [-0.1, -0.05) is 0 Å². The topological polar surface area (TPSA) is 66.4 Å². The van der Waals surface area contributed by atoms with Crippen LogP contribution < -0.4 is 5.32 Å². The molecule has 0 spiro atoms. The Morgan fingerprint density at radius 3 is 2.67 bits per heavy atom. The Balaban J connectivity index is 2.69. The molecule has 0 unspecified atom stereocenters. The van der Waals surface area contributed by atoms with Crippen LogP contribution in [0.15, 0.2) is 22.7 Å². The van der Waals surface area contributed by atoms with Gasteiger partial charge in [-0.3, -0.25) is 9.59 Å². The second-order valence-electron chi connectivity index (χ2n) is 2.75. The van der Waals surface area contributed by atoms with Gasteiger partial charge in [-0.05, 0) is 56.7 Å². The van der Waals surface area contributed by atoms with Gasteiger partial charge in [0.25, 0.3) is 0 Å². The Kier molecular flexibility index (Phi) is 4.52. The molecule has 0 fully saturated rings. The Labute approximate surface area is 108 Å². The van der Waals surface area contributed by atoms with Crippen molar-refractivity contribution in [3.8, 4) is 0 Å². The van der Waals surface area contributed by atoms with Gasteiger partial charge in [0.05, 0.1) is 0 Å². The van der Waals surface area contributed by atoms with Crippen LogP contribution in [0.5, 0.6) is 0 Å². The van der Waals surface area contributed by atoms with Gasteiger partial charge in [0, 0.05) is 13.7 Å². The predicted octanol–water partition coefficient (Wildman–Crippen LogP) is 2.47. The summed E-state index contributed by atoms with van der Waals surface area (Å²) in [6.07, 6.45) is -0.524. The highest BCUT2D eigenvalue weighted by Crippen LogP contribution is 2.22. The van der Waals surface area contributed by atoms with E-state index < -0.39 is 18.3 Å². The fourth-order valence-electron chi connectivity index (χ4n) is 0.916. The van der Waals surface area contributed by atoms with E-state index in [0.29, 0.717) is 5.69 Å². The summed E-state index contributed by atoms with van der Waals surface area (Å²) in [6, 6.07) is 5.26. The Morgan fingerprint density at radius 1 is 1.47 bits per heavy atom. The maximum atomic E-state index is 11.1. The highest BCUT2D eigenvalue weighted by molar-refractivity contribution is 14.1. The van der Waals surface area contributed by atoms with Crippen LogP contribution in [-0.2, 0) is 9.59 Å². The minimum absolute atomic E-state index is 0.524. The fraction of sp³-hybridized carbons (Fsp3) is 0.111. The van der Waals surface area contributed by atoms with Gasteiger partial charge < -0.3 is 10.4 Å². The molecule has 0 aliphatic rings. The number of rotatable bonds is 3. The van der Waals surface area contributed by atoms with Crippen LogP contribution in [0.4, 0.5) is 5.69 Å². The molecule has 0 aromatic heterocycles. The van der Waals surface area contributed by atoms with Crippen LogP contribution in [0.2, 0.25) is 0 Å². The van der Waals surface area contributed by atoms with Crippen molar-refractivity contribution in [2.75, 3.05) is 5.32 Å². The normalized spacial score (nSPS) is 9.73. The summed E-state index contributed by atoms with van der Waals surface area (Å²) < 4.78 is 1.88. The lowest BCUT2D eigenvalue weighted by atomic mass is 10.3. The molecule has 15 heavy (non-hydrogen) atoms.